The Morgan fingerprint density at radius 2 is 2.00 bits per heavy atom. The monoisotopic (exact) mass is 289 g/mol. The van der Waals surface area contributed by atoms with Gasteiger partial charge in [-0.3, -0.25) is 4.79 Å². The van der Waals surface area contributed by atoms with Crippen LogP contribution in [0.15, 0.2) is 0 Å². The van der Waals surface area contributed by atoms with Gasteiger partial charge in [-0.2, -0.15) is 0 Å². The highest BCUT2D eigenvalue weighted by atomic mass is 35.5. The molecule has 1 aliphatic carbocycles. The molecular formula is C12H20ClN3OS. The minimum atomic E-state index is -0.485. The third-order valence-electron chi connectivity index (χ3n) is 2.99. The van der Waals surface area contributed by atoms with Crippen molar-refractivity contribution in [2.24, 2.45) is 5.73 Å². The molecule has 0 saturated heterocycles. The molecule has 4 nitrogen and oxygen atoms in total. The van der Waals surface area contributed by atoms with E-state index in [1.54, 1.807) is 18.3 Å². The average molecular weight is 290 g/mol. The molecule has 0 bridgehead atoms. The standard InChI is InChI=1S/C12H19N3OS.ClH/c1-8(13)11(16)15-12-14-9-6-4-2-3-5-7-10(9)17-12;/h8H,2-7,13H2,1H3,(H,14,15,16);1H/t8-;/m1./s1. The third-order valence-corrected chi connectivity index (χ3v) is 4.06. The maximum atomic E-state index is 11.5. The molecule has 1 aromatic heterocycles. The minimum absolute atomic E-state index is 0. The summed E-state index contributed by atoms with van der Waals surface area (Å²) < 4.78 is 0. The van der Waals surface area contributed by atoms with Crippen molar-refractivity contribution in [2.45, 2.75) is 51.5 Å². The second-order valence-corrected chi connectivity index (χ2v) is 5.66. The zero-order valence-corrected chi connectivity index (χ0v) is 12.2. The van der Waals surface area contributed by atoms with E-state index in [2.05, 4.69) is 10.3 Å². The summed E-state index contributed by atoms with van der Waals surface area (Å²) >= 11 is 1.61. The van der Waals surface area contributed by atoms with Crippen LogP contribution in [0.1, 0.15) is 43.2 Å². The number of thiazole rings is 1. The Balaban J connectivity index is 0.00000162. The molecule has 1 amide bonds. The highest BCUT2D eigenvalue weighted by Crippen LogP contribution is 2.28. The van der Waals surface area contributed by atoms with Crippen LogP contribution in [0, 0.1) is 0 Å². The second-order valence-electron chi connectivity index (χ2n) is 4.58. The maximum absolute atomic E-state index is 11.5. The summed E-state index contributed by atoms with van der Waals surface area (Å²) in [5.74, 6) is -0.160. The van der Waals surface area contributed by atoms with Crippen molar-refractivity contribution in [3.63, 3.8) is 0 Å². The van der Waals surface area contributed by atoms with Gasteiger partial charge in [0.05, 0.1) is 11.7 Å². The number of hydrogen-bond donors (Lipinski definition) is 2. The van der Waals surface area contributed by atoms with Crippen molar-refractivity contribution in [3.8, 4) is 0 Å². The Labute approximate surface area is 118 Å². The molecule has 1 atom stereocenters. The minimum Gasteiger partial charge on any atom is -0.320 e. The van der Waals surface area contributed by atoms with Crippen LogP contribution in [0.2, 0.25) is 0 Å². The first-order valence-corrected chi connectivity index (χ1v) is 7.03. The molecule has 2 rings (SSSR count). The van der Waals surface area contributed by atoms with Crippen molar-refractivity contribution in [1.29, 1.82) is 0 Å². The Hall–Kier alpha value is -0.650. The van der Waals surface area contributed by atoms with Gasteiger partial charge in [-0.1, -0.05) is 12.8 Å². The molecule has 0 unspecified atom stereocenters. The fraction of sp³-hybridized carbons (Fsp3) is 0.667. The summed E-state index contributed by atoms with van der Waals surface area (Å²) in [6.07, 6.45) is 7.17. The van der Waals surface area contributed by atoms with E-state index >= 15 is 0 Å². The maximum Gasteiger partial charge on any atom is 0.242 e. The number of nitrogens with one attached hydrogen (secondary N) is 1. The molecule has 1 aromatic rings. The van der Waals surface area contributed by atoms with Gasteiger partial charge in [-0.15, -0.1) is 23.7 Å². The summed E-state index contributed by atoms with van der Waals surface area (Å²) in [6.45, 7) is 1.68. The first kappa shape index (κ1) is 15.4. The van der Waals surface area contributed by atoms with Gasteiger partial charge < -0.3 is 11.1 Å². The van der Waals surface area contributed by atoms with Crippen molar-refractivity contribution in [3.05, 3.63) is 10.6 Å². The van der Waals surface area contributed by atoms with Crippen LogP contribution < -0.4 is 11.1 Å². The largest absolute Gasteiger partial charge is 0.320 e. The van der Waals surface area contributed by atoms with Gasteiger partial charge in [-0.05, 0) is 32.6 Å². The molecule has 0 saturated carbocycles. The van der Waals surface area contributed by atoms with Crippen molar-refractivity contribution in [2.75, 3.05) is 5.32 Å². The van der Waals surface area contributed by atoms with Gasteiger partial charge in [0, 0.05) is 4.88 Å². The zero-order valence-electron chi connectivity index (χ0n) is 10.6. The number of aryl methyl sites for hydroxylation is 2. The lowest BCUT2D eigenvalue weighted by Crippen LogP contribution is -2.32. The van der Waals surface area contributed by atoms with E-state index in [1.807, 2.05) is 0 Å². The number of nitrogens with zero attached hydrogens (tertiary/aromatic N) is 1. The molecule has 102 valence electrons. The molecule has 1 aliphatic rings. The van der Waals surface area contributed by atoms with E-state index in [0.717, 1.165) is 12.8 Å². The van der Waals surface area contributed by atoms with Gasteiger partial charge >= 0.3 is 0 Å². The van der Waals surface area contributed by atoms with Crippen molar-refractivity contribution >= 4 is 34.8 Å². The van der Waals surface area contributed by atoms with Crippen molar-refractivity contribution < 1.29 is 4.79 Å². The molecule has 0 aliphatic heterocycles. The SMILES string of the molecule is C[C@@H](N)C(=O)Nc1nc2c(s1)CCCCCC2.Cl. The number of halogens is 1. The molecular weight excluding hydrogens is 270 g/mol. The predicted molar refractivity (Wildman–Crippen MR) is 77.5 cm³/mol. The normalized spacial score (nSPS) is 16.8. The number of rotatable bonds is 2. The smallest absolute Gasteiger partial charge is 0.242 e. The highest BCUT2D eigenvalue weighted by molar-refractivity contribution is 7.15. The Morgan fingerprint density at radius 3 is 2.67 bits per heavy atom. The Kier molecular flexibility index (Phi) is 6.05. The average Bonchev–Trinajstić information content (AvgIpc) is 2.60. The van der Waals surface area contributed by atoms with Crippen molar-refractivity contribution in [1.82, 2.24) is 4.98 Å². The Bertz CT molecular complexity index is 381. The van der Waals surface area contributed by atoms with Crippen LogP contribution >= 0.6 is 23.7 Å². The molecule has 6 heteroatoms. The summed E-state index contributed by atoms with van der Waals surface area (Å²) in [6, 6.07) is -0.485. The first-order valence-electron chi connectivity index (χ1n) is 6.22. The summed E-state index contributed by atoms with van der Waals surface area (Å²) in [5.41, 5.74) is 6.70. The van der Waals surface area contributed by atoms with Crippen LogP contribution in [0.4, 0.5) is 5.13 Å². The summed E-state index contributed by atoms with van der Waals surface area (Å²) in [4.78, 5) is 17.3. The van der Waals surface area contributed by atoms with E-state index < -0.39 is 6.04 Å². The van der Waals surface area contributed by atoms with E-state index in [1.165, 1.54) is 36.3 Å². The Morgan fingerprint density at radius 1 is 1.33 bits per heavy atom. The molecule has 0 radical (unpaired) electrons. The number of carbonyl (C=O) groups excluding carboxylic acids is 1. The number of nitrogens with two attached hydrogens (primary N) is 1. The quantitative estimate of drug-likeness (QED) is 0.879. The number of amides is 1. The molecule has 3 N–H and O–H groups in total. The van der Waals surface area contributed by atoms with Crippen LogP contribution in [0.25, 0.3) is 0 Å². The molecule has 1 heterocycles. The van der Waals surface area contributed by atoms with Crippen LogP contribution in [0.5, 0.6) is 0 Å². The van der Waals surface area contributed by atoms with E-state index in [4.69, 9.17) is 5.73 Å². The van der Waals surface area contributed by atoms with Gasteiger partial charge in [0.25, 0.3) is 0 Å². The van der Waals surface area contributed by atoms with Crippen LogP contribution in [-0.4, -0.2) is 16.9 Å². The number of aromatic nitrogens is 1. The topological polar surface area (TPSA) is 68.0 Å². The third kappa shape index (κ3) is 3.93. The van der Waals surface area contributed by atoms with Gasteiger partial charge in [0.2, 0.25) is 5.91 Å². The van der Waals surface area contributed by atoms with Gasteiger partial charge in [0.15, 0.2) is 5.13 Å². The zero-order chi connectivity index (χ0) is 12.3. The predicted octanol–water partition coefficient (Wildman–Crippen LogP) is 2.51. The van der Waals surface area contributed by atoms with Crippen LogP contribution in [0.3, 0.4) is 0 Å². The van der Waals surface area contributed by atoms with Crippen LogP contribution in [-0.2, 0) is 17.6 Å². The lowest BCUT2D eigenvalue weighted by molar-refractivity contribution is -0.117. The van der Waals surface area contributed by atoms with E-state index in [0.29, 0.717) is 5.13 Å². The number of fused-ring (bicyclic) bond motifs is 1. The molecule has 0 spiro atoms. The second kappa shape index (κ2) is 7.07. The lowest BCUT2D eigenvalue weighted by Gasteiger charge is -2.06. The fourth-order valence-electron chi connectivity index (χ4n) is 1.98. The van der Waals surface area contributed by atoms with E-state index in [-0.39, 0.29) is 18.3 Å². The van der Waals surface area contributed by atoms with E-state index in [9.17, 15) is 4.79 Å². The molecule has 0 aromatic carbocycles. The summed E-state index contributed by atoms with van der Waals surface area (Å²) in [7, 11) is 0. The summed E-state index contributed by atoms with van der Waals surface area (Å²) in [5, 5.41) is 3.49. The van der Waals surface area contributed by atoms with Gasteiger partial charge in [0.1, 0.15) is 0 Å². The first-order chi connectivity index (χ1) is 8.16. The molecule has 18 heavy (non-hydrogen) atoms. The lowest BCUT2D eigenvalue weighted by atomic mass is 10.0. The number of carbonyl (C=O) groups is 1. The van der Waals surface area contributed by atoms with Gasteiger partial charge in [-0.25, -0.2) is 4.98 Å². The number of anilines is 1. The fourth-order valence-corrected chi connectivity index (χ4v) is 3.03. The molecule has 0 fully saturated rings. The number of hydrogen-bond acceptors (Lipinski definition) is 4. The highest BCUT2D eigenvalue weighted by Gasteiger charge is 2.15.